The quantitative estimate of drug-likeness (QED) is 0.597. The summed E-state index contributed by atoms with van der Waals surface area (Å²) < 4.78 is 39.4. The third kappa shape index (κ3) is 3.35. The minimum absolute atomic E-state index is 0.360. The van der Waals surface area contributed by atoms with Crippen LogP contribution in [-0.4, -0.2) is 4.98 Å². The van der Waals surface area contributed by atoms with Gasteiger partial charge in [-0.15, -0.1) is 11.3 Å². The van der Waals surface area contributed by atoms with E-state index in [9.17, 15) is 13.2 Å². The summed E-state index contributed by atoms with van der Waals surface area (Å²) in [5, 5.41) is 2.16. The molecule has 22 heavy (non-hydrogen) atoms. The molecule has 1 aromatic heterocycles. The van der Waals surface area contributed by atoms with Gasteiger partial charge in [0, 0.05) is 22.6 Å². The fraction of sp³-hybridized carbons (Fsp3) is 0. The zero-order valence-corrected chi connectivity index (χ0v) is 11.9. The SMILES string of the molecule is Fc1cccc(C#Cc2csc(-c3cc(F)cc(F)c3)n2)c1. The summed E-state index contributed by atoms with van der Waals surface area (Å²) in [5.74, 6) is 3.93. The third-order valence-corrected chi connectivity index (χ3v) is 3.66. The Kier molecular flexibility index (Phi) is 3.94. The zero-order valence-electron chi connectivity index (χ0n) is 11.1. The van der Waals surface area contributed by atoms with Crippen LogP contribution in [0.3, 0.4) is 0 Å². The first kappa shape index (κ1) is 14.4. The first-order valence-corrected chi connectivity index (χ1v) is 7.18. The van der Waals surface area contributed by atoms with Crippen LogP contribution in [0.15, 0.2) is 47.8 Å². The zero-order chi connectivity index (χ0) is 15.5. The summed E-state index contributed by atoms with van der Waals surface area (Å²) >= 11 is 1.24. The number of nitrogens with zero attached hydrogens (tertiary/aromatic N) is 1. The molecule has 0 fully saturated rings. The standard InChI is InChI=1S/C17H8F3NS/c18-13-3-1-2-11(6-13)4-5-16-10-22-17(21-16)12-7-14(19)9-15(20)8-12/h1-3,6-10H. The molecule has 108 valence electrons. The number of hydrogen-bond acceptors (Lipinski definition) is 2. The normalized spacial score (nSPS) is 10.1. The third-order valence-electron chi connectivity index (χ3n) is 2.77. The van der Waals surface area contributed by atoms with Crippen molar-refractivity contribution in [1.29, 1.82) is 0 Å². The first-order valence-electron chi connectivity index (χ1n) is 6.30. The monoisotopic (exact) mass is 315 g/mol. The molecule has 0 amide bonds. The Bertz CT molecular complexity index is 870. The fourth-order valence-electron chi connectivity index (χ4n) is 1.84. The lowest BCUT2D eigenvalue weighted by molar-refractivity contribution is 0.584. The van der Waals surface area contributed by atoms with Gasteiger partial charge in [0.25, 0.3) is 0 Å². The molecule has 0 N–H and O–H groups in total. The average Bonchev–Trinajstić information content (AvgIpc) is 2.93. The predicted octanol–water partition coefficient (Wildman–Crippen LogP) is 4.63. The van der Waals surface area contributed by atoms with Crippen molar-refractivity contribution in [3.05, 3.63) is 76.6 Å². The summed E-state index contributed by atoms with van der Waals surface area (Å²) in [6, 6.07) is 9.15. The molecule has 3 aromatic rings. The summed E-state index contributed by atoms with van der Waals surface area (Å²) in [5.41, 5.74) is 1.36. The molecule has 3 rings (SSSR count). The second kappa shape index (κ2) is 6.04. The molecule has 0 radical (unpaired) electrons. The van der Waals surface area contributed by atoms with Crippen LogP contribution in [0.4, 0.5) is 13.2 Å². The minimum atomic E-state index is -0.655. The highest BCUT2D eigenvalue weighted by Gasteiger charge is 2.07. The topological polar surface area (TPSA) is 12.9 Å². The molecule has 0 unspecified atom stereocenters. The van der Waals surface area contributed by atoms with Crippen LogP contribution in [0, 0.1) is 29.3 Å². The van der Waals surface area contributed by atoms with Crippen LogP contribution in [0.2, 0.25) is 0 Å². The van der Waals surface area contributed by atoms with E-state index in [0.29, 0.717) is 21.8 Å². The molecule has 0 aliphatic rings. The number of rotatable bonds is 1. The van der Waals surface area contributed by atoms with Gasteiger partial charge in [0.2, 0.25) is 0 Å². The van der Waals surface area contributed by atoms with Gasteiger partial charge in [-0.2, -0.15) is 0 Å². The summed E-state index contributed by atoms with van der Waals surface area (Å²) in [4.78, 5) is 4.22. The molecule has 0 spiro atoms. The maximum absolute atomic E-state index is 13.2. The van der Waals surface area contributed by atoms with Gasteiger partial charge >= 0.3 is 0 Å². The molecule has 2 aromatic carbocycles. The molecule has 0 aliphatic carbocycles. The fourth-order valence-corrected chi connectivity index (χ4v) is 2.58. The maximum atomic E-state index is 13.2. The van der Waals surface area contributed by atoms with Crippen LogP contribution in [-0.2, 0) is 0 Å². The van der Waals surface area contributed by atoms with E-state index in [1.54, 1.807) is 17.5 Å². The Morgan fingerprint density at radius 2 is 1.64 bits per heavy atom. The van der Waals surface area contributed by atoms with E-state index in [1.807, 2.05) is 0 Å². The van der Waals surface area contributed by atoms with E-state index in [1.165, 1.54) is 35.6 Å². The lowest BCUT2D eigenvalue weighted by Crippen LogP contribution is -1.84. The number of hydrogen-bond donors (Lipinski definition) is 0. The van der Waals surface area contributed by atoms with Gasteiger partial charge in [0.15, 0.2) is 0 Å². The highest BCUT2D eigenvalue weighted by molar-refractivity contribution is 7.13. The lowest BCUT2D eigenvalue weighted by atomic mass is 10.2. The second-order valence-electron chi connectivity index (χ2n) is 4.46. The van der Waals surface area contributed by atoms with Crippen molar-refractivity contribution in [2.45, 2.75) is 0 Å². The molecule has 5 heteroatoms. The Hall–Kier alpha value is -2.58. The van der Waals surface area contributed by atoms with Gasteiger partial charge in [0.1, 0.15) is 28.2 Å². The number of halogens is 3. The van der Waals surface area contributed by atoms with Crippen LogP contribution in [0.5, 0.6) is 0 Å². The van der Waals surface area contributed by atoms with E-state index >= 15 is 0 Å². The summed E-state index contributed by atoms with van der Waals surface area (Å²) in [7, 11) is 0. The first-order chi connectivity index (χ1) is 10.6. The van der Waals surface area contributed by atoms with Crippen molar-refractivity contribution >= 4 is 11.3 Å². The van der Waals surface area contributed by atoms with Crippen molar-refractivity contribution in [3.8, 4) is 22.4 Å². The van der Waals surface area contributed by atoms with Crippen molar-refractivity contribution in [2.24, 2.45) is 0 Å². The van der Waals surface area contributed by atoms with Gasteiger partial charge < -0.3 is 0 Å². The van der Waals surface area contributed by atoms with Gasteiger partial charge in [-0.1, -0.05) is 12.0 Å². The highest BCUT2D eigenvalue weighted by Crippen LogP contribution is 2.25. The summed E-state index contributed by atoms with van der Waals surface area (Å²) in [6.45, 7) is 0. The van der Waals surface area contributed by atoms with Gasteiger partial charge in [-0.3, -0.25) is 0 Å². The maximum Gasteiger partial charge on any atom is 0.126 e. The predicted molar refractivity (Wildman–Crippen MR) is 79.8 cm³/mol. The summed E-state index contributed by atoms with van der Waals surface area (Å²) in [6.07, 6.45) is 0. The van der Waals surface area contributed by atoms with E-state index in [4.69, 9.17) is 0 Å². The molecule has 0 aliphatic heterocycles. The molecular weight excluding hydrogens is 307 g/mol. The van der Waals surface area contributed by atoms with E-state index in [2.05, 4.69) is 16.8 Å². The lowest BCUT2D eigenvalue weighted by Gasteiger charge is -1.96. The molecule has 0 bridgehead atoms. The molecule has 1 nitrogen and oxygen atoms in total. The van der Waals surface area contributed by atoms with Gasteiger partial charge in [-0.25, -0.2) is 18.2 Å². The average molecular weight is 315 g/mol. The second-order valence-corrected chi connectivity index (χ2v) is 5.31. The smallest absolute Gasteiger partial charge is 0.126 e. The van der Waals surface area contributed by atoms with E-state index in [0.717, 1.165) is 6.07 Å². The molecule has 0 saturated carbocycles. The van der Waals surface area contributed by atoms with Crippen molar-refractivity contribution in [1.82, 2.24) is 4.98 Å². The van der Waals surface area contributed by atoms with Crippen LogP contribution in [0.1, 0.15) is 11.3 Å². The van der Waals surface area contributed by atoms with E-state index in [-0.39, 0.29) is 5.82 Å². The highest BCUT2D eigenvalue weighted by atomic mass is 32.1. The Labute approximate surface area is 129 Å². The number of aromatic nitrogens is 1. The number of benzene rings is 2. The van der Waals surface area contributed by atoms with Crippen LogP contribution < -0.4 is 0 Å². The van der Waals surface area contributed by atoms with Crippen molar-refractivity contribution in [3.63, 3.8) is 0 Å². The molecule has 0 atom stereocenters. The Balaban J connectivity index is 1.88. The van der Waals surface area contributed by atoms with Crippen LogP contribution in [0.25, 0.3) is 10.6 Å². The van der Waals surface area contributed by atoms with Crippen LogP contribution >= 0.6 is 11.3 Å². The largest absolute Gasteiger partial charge is 0.228 e. The molecular formula is C17H8F3NS. The molecule has 0 saturated heterocycles. The van der Waals surface area contributed by atoms with Crippen molar-refractivity contribution in [2.75, 3.05) is 0 Å². The molecule has 1 heterocycles. The van der Waals surface area contributed by atoms with Gasteiger partial charge in [-0.05, 0) is 36.3 Å². The Morgan fingerprint density at radius 3 is 2.36 bits per heavy atom. The number of thiazole rings is 1. The van der Waals surface area contributed by atoms with Gasteiger partial charge in [0.05, 0.1) is 0 Å². The van der Waals surface area contributed by atoms with Crippen molar-refractivity contribution < 1.29 is 13.2 Å². The minimum Gasteiger partial charge on any atom is -0.228 e. The van der Waals surface area contributed by atoms with E-state index < -0.39 is 11.6 Å². The Morgan fingerprint density at radius 1 is 0.864 bits per heavy atom.